The van der Waals surface area contributed by atoms with Gasteiger partial charge in [-0.2, -0.15) is 0 Å². The number of aliphatic carboxylic acids is 1. The van der Waals surface area contributed by atoms with E-state index in [2.05, 4.69) is 5.32 Å². The smallest absolute Gasteiger partial charge is 0.307 e. The number of carbonyl (C=O) groups excluding carboxylic acids is 2. The predicted molar refractivity (Wildman–Crippen MR) is 114 cm³/mol. The van der Waals surface area contributed by atoms with Gasteiger partial charge in [-0.25, -0.2) is 0 Å². The minimum atomic E-state index is -0.923. The normalized spacial score (nSPS) is 23.9. The van der Waals surface area contributed by atoms with E-state index in [-0.39, 0.29) is 23.7 Å². The standard InChI is InChI=1S/C24H24N2O4/c1-2-26(19-6-4-3-5-7-19)23(28)15-10-12-18(13-11-15)25-22(27)20-16-8-9-17(14-16)21(20)24(29)30/h3-13,16-17,20-21H,2,14H2,1H3,(H,25,27)(H,29,30)/t16-,17+,20-,21+/m1/s1. The van der Waals surface area contributed by atoms with Gasteiger partial charge in [-0.05, 0) is 61.6 Å². The summed E-state index contributed by atoms with van der Waals surface area (Å²) in [5, 5.41) is 12.4. The molecule has 4 atom stereocenters. The molecule has 2 N–H and O–H groups in total. The van der Waals surface area contributed by atoms with Gasteiger partial charge in [0.2, 0.25) is 5.91 Å². The van der Waals surface area contributed by atoms with Crippen LogP contribution in [0, 0.1) is 23.7 Å². The van der Waals surface area contributed by atoms with Crippen molar-refractivity contribution < 1.29 is 19.5 Å². The van der Waals surface area contributed by atoms with Crippen molar-refractivity contribution in [1.29, 1.82) is 0 Å². The number of rotatable bonds is 6. The van der Waals surface area contributed by atoms with E-state index in [1.807, 2.05) is 49.4 Å². The lowest BCUT2D eigenvalue weighted by atomic mass is 9.82. The Kier molecular flexibility index (Phi) is 5.40. The zero-order valence-corrected chi connectivity index (χ0v) is 16.7. The van der Waals surface area contributed by atoms with Crippen LogP contribution in [-0.2, 0) is 9.59 Å². The van der Waals surface area contributed by atoms with Gasteiger partial charge in [0.25, 0.3) is 5.91 Å². The molecule has 154 valence electrons. The van der Waals surface area contributed by atoms with Crippen LogP contribution in [0.15, 0.2) is 66.7 Å². The van der Waals surface area contributed by atoms with E-state index >= 15 is 0 Å². The summed E-state index contributed by atoms with van der Waals surface area (Å²) < 4.78 is 0. The number of anilines is 2. The maximum atomic E-state index is 12.9. The van der Waals surface area contributed by atoms with Crippen LogP contribution < -0.4 is 10.2 Å². The molecule has 2 bridgehead atoms. The Balaban J connectivity index is 1.46. The molecule has 6 nitrogen and oxygen atoms in total. The van der Waals surface area contributed by atoms with Crippen LogP contribution in [0.5, 0.6) is 0 Å². The van der Waals surface area contributed by atoms with E-state index in [1.54, 1.807) is 29.2 Å². The van der Waals surface area contributed by atoms with Gasteiger partial charge in [-0.3, -0.25) is 14.4 Å². The van der Waals surface area contributed by atoms with Gasteiger partial charge in [-0.1, -0.05) is 30.4 Å². The van der Waals surface area contributed by atoms with Gasteiger partial charge in [0, 0.05) is 23.5 Å². The topological polar surface area (TPSA) is 86.7 Å². The number of amides is 2. The summed E-state index contributed by atoms with van der Waals surface area (Å²) in [5.74, 6) is -2.66. The minimum absolute atomic E-state index is 0.0269. The highest BCUT2D eigenvalue weighted by atomic mass is 16.4. The fourth-order valence-electron chi connectivity index (χ4n) is 4.65. The maximum Gasteiger partial charge on any atom is 0.307 e. The molecule has 2 aromatic rings. The Hall–Kier alpha value is -3.41. The summed E-state index contributed by atoms with van der Waals surface area (Å²) in [5.41, 5.74) is 1.90. The van der Waals surface area contributed by atoms with Crippen LogP contribution in [-0.4, -0.2) is 29.4 Å². The fraction of sp³-hybridized carbons (Fsp3) is 0.292. The lowest BCUT2D eigenvalue weighted by Gasteiger charge is -2.24. The summed E-state index contributed by atoms with van der Waals surface area (Å²) in [4.78, 5) is 39.0. The summed E-state index contributed by atoms with van der Waals surface area (Å²) in [7, 11) is 0. The first-order valence-electron chi connectivity index (χ1n) is 10.2. The first kappa shape index (κ1) is 19.9. The van der Waals surface area contributed by atoms with Crippen molar-refractivity contribution in [3.8, 4) is 0 Å². The van der Waals surface area contributed by atoms with Crippen molar-refractivity contribution in [2.45, 2.75) is 13.3 Å². The summed E-state index contributed by atoms with van der Waals surface area (Å²) in [6.07, 6.45) is 4.59. The molecule has 30 heavy (non-hydrogen) atoms. The zero-order chi connectivity index (χ0) is 21.3. The van der Waals surface area contributed by atoms with Crippen molar-refractivity contribution in [3.05, 3.63) is 72.3 Å². The Morgan fingerprint density at radius 3 is 2.20 bits per heavy atom. The van der Waals surface area contributed by atoms with Crippen molar-refractivity contribution in [2.24, 2.45) is 23.7 Å². The number of carboxylic acid groups (broad SMARTS) is 1. The molecule has 2 amide bonds. The Bertz CT molecular complexity index is 984. The second-order valence-corrected chi connectivity index (χ2v) is 7.79. The second-order valence-electron chi connectivity index (χ2n) is 7.79. The van der Waals surface area contributed by atoms with Crippen LogP contribution in [0.3, 0.4) is 0 Å². The van der Waals surface area contributed by atoms with Gasteiger partial charge in [0.15, 0.2) is 0 Å². The molecule has 0 unspecified atom stereocenters. The van der Waals surface area contributed by atoms with Gasteiger partial charge in [0.05, 0.1) is 11.8 Å². The summed E-state index contributed by atoms with van der Waals surface area (Å²) >= 11 is 0. The molecule has 0 aromatic heterocycles. The average Bonchev–Trinajstić information content (AvgIpc) is 3.37. The molecule has 0 spiro atoms. The molecule has 0 saturated heterocycles. The van der Waals surface area contributed by atoms with Gasteiger partial charge >= 0.3 is 5.97 Å². The van der Waals surface area contributed by atoms with Crippen LogP contribution in [0.1, 0.15) is 23.7 Å². The third-order valence-corrected chi connectivity index (χ3v) is 6.08. The molecule has 1 saturated carbocycles. The van der Waals surface area contributed by atoms with Crippen molar-refractivity contribution in [3.63, 3.8) is 0 Å². The number of nitrogens with zero attached hydrogens (tertiary/aromatic N) is 1. The summed E-state index contributed by atoms with van der Waals surface area (Å²) in [6.45, 7) is 2.46. The number of benzene rings is 2. The molecule has 0 heterocycles. The number of fused-ring (bicyclic) bond motifs is 2. The molecule has 1 fully saturated rings. The first-order chi connectivity index (χ1) is 14.5. The van der Waals surface area contributed by atoms with E-state index in [0.29, 0.717) is 17.8 Å². The molecule has 2 aromatic carbocycles. The first-order valence-corrected chi connectivity index (χ1v) is 10.2. The number of nitrogens with one attached hydrogen (secondary N) is 1. The molecule has 6 heteroatoms. The molecular weight excluding hydrogens is 380 g/mol. The van der Waals surface area contributed by atoms with E-state index in [9.17, 15) is 19.5 Å². The third-order valence-electron chi connectivity index (χ3n) is 6.08. The number of hydrogen-bond donors (Lipinski definition) is 2. The fourth-order valence-corrected chi connectivity index (χ4v) is 4.65. The molecule has 2 aliphatic rings. The van der Waals surface area contributed by atoms with E-state index < -0.39 is 17.8 Å². The number of allylic oxidation sites excluding steroid dienone is 2. The van der Waals surface area contributed by atoms with Crippen molar-refractivity contribution >= 4 is 29.2 Å². The largest absolute Gasteiger partial charge is 0.481 e. The lowest BCUT2D eigenvalue weighted by molar-refractivity contribution is -0.146. The molecule has 4 rings (SSSR count). The molecule has 2 aliphatic carbocycles. The lowest BCUT2D eigenvalue weighted by Crippen LogP contribution is -2.36. The highest BCUT2D eigenvalue weighted by Gasteiger charge is 2.51. The third kappa shape index (κ3) is 3.61. The van der Waals surface area contributed by atoms with E-state index in [0.717, 1.165) is 12.1 Å². The Morgan fingerprint density at radius 2 is 1.60 bits per heavy atom. The monoisotopic (exact) mass is 404 g/mol. The second kappa shape index (κ2) is 8.14. The maximum absolute atomic E-state index is 12.9. The quantitative estimate of drug-likeness (QED) is 0.717. The zero-order valence-electron chi connectivity index (χ0n) is 16.7. The van der Waals surface area contributed by atoms with Crippen LogP contribution in [0.25, 0.3) is 0 Å². The number of para-hydroxylation sites is 1. The SMILES string of the molecule is CCN(C(=O)c1ccc(NC(=O)[C@H]2[C@@H](C(=O)O)[C@H]3C=C[C@@H]2C3)cc1)c1ccccc1. The van der Waals surface area contributed by atoms with Crippen LogP contribution in [0.2, 0.25) is 0 Å². The number of carbonyl (C=O) groups is 3. The van der Waals surface area contributed by atoms with Crippen LogP contribution in [0.4, 0.5) is 11.4 Å². The highest BCUT2D eigenvalue weighted by Crippen LogP contribution is 2.48. The highest BCUT2D eigenvalue weighted by molar-refractivity contribution is 6.06. The van der Waals surface area contributed by atoms with Crippen molar-refractivity contribution in [1.82, 2.24) is 0 Å². The van der Waals surface area contributed by atoms with E-state index in [1.165, 1.54) is 0 Å². The van der Waals surface area contributed by atoms with Gasteiger partial charge in [0.1, 0.15) is 0 Å². The van der Waals surface area contributed by atoms with Crippen molar-refractivity contribution in [2.75, 3.05) is 16.8 Å². The molecule has 0 radical (unpaired) electrons. The summed E-state index contributed by atoms with van der Waals surface area (Å²) in [6, 6.07) is 16.2. The average molecular weight is 404 g/mol. The minimum Gasteiger partial charge on any atom is -0.481 e. The molecule has 0 aliphatic heterocycles. The number of hydrogen-bond acceptors (Lipinski definition) is 3. The Labute approximate surface area is 175 Å². The van der Waals surface area contributed by atoms with Crippen LogP contribution >= 0.6 is 0 Å². The molecular formula is C24H24N2O4. The predicted octanol–water partition coefficient (Wildman–Crippen LogP) is 3.81. The Morgan fingerprint density at radius 1 is 0.967 bits per heavy atom. The number of carboxylic acids is 1. The van der Waals surface area contributed by atoms with Gasteiger partial charge < -0.3 is 15.3 Å². The van der Waals surface area contributed by atoms with E-state index in [4.69, 9.17) is 0 Å². The van der Waals surface area contributed by atoms with Gasteiger partial charge in [-0.15, -0.1) is 0 Å².